The van der Waals surface area contributed by atoms with Gasteiger partial charge in [-0.25, -0.2) is 4.39 Å². The highest BCUT2D eigenvalue weighted by atomic mass is 19.1. The molecule has 1 heterocycles. The quantitative estimate of drug-likeness (QED) is 0.785. The van der Waals surface area contributed by atoms with Gasteiger partial charge in [-0.2, -0.15) is 0 Å². The van der Waals surface area contributed by atoms with Crippen LogP contribution < -0.4 is 5.32 Å². The molecule has 1 aromatic heterocycles. The first-order valence-corrected chi connectivity index (χ1v) is 8.84. The van der Waals surface area contributed by atoms with Gasteiger partial charge < -0.3 is 14.8 Å². The van der Waals surface area contributed by atoms with Gasteiger partial charge in [0.1, 0.15) is 17.3 Å². The molecule has 0 unspecified atom stereocenters. The van der Waals surface area contributed by atoms with Crippen LogP contribution in [0.25, 0.3) is 11.3 Å². The number of furan rings is 1. The van der Waals surface area contributed by atoms with Gasteiger partial charge in [-0.15, -0.1) is 0 Å². The summed E-state index contributed by atoms with van der Waals surface area (Å²) in [7, 11) is 0. The molecule has 2 N–H and O–H groups in total. The molecule has 1 aliphatic rings. The van der Waals surface area contributed by atoms with Gasteiger partial charge in [0.25, 0.3) is 0 Å². The maximum Gasteiger partial charge on any atom is 0.305 e. The molecule has 0 radical (unpaired) electrons. The van der Waals surface area contributed by atoms with Crippen LogP contribution in [0.15, 0.2) is 40.8 Å². The monoisotopic (exact) mass is 359 g/mol. The van der Waals surface area contributed by atoms with Crippen LogP contribution in [0, 0.1) is 5.82 Å². The topological polar surface area (TPSA) is 79.5 Å². The third kappa shape index (κ3) is 4.31. The summed E-state index contributed by atoms with van der Waals surface area (Å²) in [4.78, 5) is 23.4. The number of aryl methyl sites for hydroxylation is 1. The molecule has 138 valence electrons. The first-order chi connectivity index (χ1) is 12.5. The maximum absolute atomic E-state index is 13.8. The second kappa shape index (κ2) is 7.72. The fourth-order valence-electron chi connectivity index (χ4n) is 3.60. The van der Waals surface area contributed by atoms with Crippen molar-refractivity contribution in [1.82, 2.24) is 5.32 Å². The van der Waals surface area contributed by atoms with E-state index in [2.05, 4.69) is 5.32 Å². The van der Waals surface area contributed by atoms with Crippen LogP contribution in [0.3, 0.4) is 0 Å². The third-order valence-electron chi connectivity index (χ3n) is 4.85. The van der Waals surface area contributed by atoms with Crippen LogP contribution in [0.5, 0.6) is 0 Å². The van der Waals surface area contributed by atoms with Gasteiger partial charge in [0.2, 0.25) is 5.91 Å². The highest BCUT2D eigenvalue weighted by molar-refractivity contribution is 5.78. The Labute approximate surface area is 151 Å². The molecule has 0 saturated heterocycles. The summed E-state index contributed by atoms with van der Waals surface area (Å²) in [6.45, 7) is 0. The summed E-state index contributed by atoms with van der Waals surface area (Å²) in [5.41, 5.74) is -0.237. The SMILES string of the molecule is O=C(O)CC1(NC(=O)CCc2ccc(-c3ccccc3F)o2)CCCC1. The minimum absolute atomic E-state index is 0.0447. The van der Waals surface area contributed by atoms with E-state index in [-0.39, 0.29) is 24.6 Å². The van der Waals surface area contributed by atoms with E-state index in [1.807, 2.05) is 0 Å². The number of hydrogen-bond acceptors (Lipinski definition) is 3. The Bertz CT molecular complexity index is 793. The van der Waals surface area contributed by atoms with Gasteiger partial charge in [0, 0.05) is 12.8 Å². The van der Waals surface area contributed by atoms with E-state index in [0.29, 0.717) is 36.3 Å². The number of rotatable bonds is 7. The molecule has 1 aliphatic carbocycles. The Morgan fingerprint density at radius 2 is 1.88 bits per heavy atom. The van der Waals surface area contributed by atoms with Gasteiger partial charge >= 0.3 is 5.97 Å². The number of benzene rings is 1. The van der Waals surface area contributed by atoms with Crippen LogP contribution in [0.2, 0.25) is 0 Å². The molecule has 5 nitrogen and oxygen atoms in total. The van der Waals surface area contributed by atoms with Crippen molar-refractivity contribution in [2.45, 2.75) is 50.5 Å². The van der Waals surface area contributed by atoms with Crippen molar-refractivity contribution in [3.05, 3.63) is 48.0 Å². The third-order valence-corrected chi connectivity index (χ3v) is 4.85. The molecule has 1 fully saturated rings. The predicted molar refractivity (Wildman–Crippen MR) is 94.0 cm³/mol. The van der Waals surface area contributed by atoms with Crippen molar-refractivity contribution >= 4 is 11.9 Å². The van der Waals surface area contributed by atoms with E-state index in [1.54, 1.807) is 30.3 Å². The Balaban J connectivity index is 1.58. The van der Waals surface area contributed by atoms with Crippen molar-refractivity contribution in [2.24, 2.45) is 0 Å². The lowest BCUT2D eigenvalue weighted by molar-refractivity contribution is -0.139. The van der Waals surface area contributed by atoms with Crippen LogP contribution in [0.1, 0.15) is 44.3 Å². The Morgan fingerprint density at radius 1 is 1.15 bits per heavy atom. The normalized spacial score (nSPS) is 15.7. The Morgan fingerprint density at radius 3 is 2.58 bits per heavy atom. The number of aliphatic carboxylic acids is 1. The molecule has 0 bridgehead atoms. The van der Waals surface area contributed by atoms with E-state index in [1.165, 1.54) is 6.07 Å². The zero-order valence-electron chi connectivity index (χ0n) is 14.5. The standard InChI is InChI=1S/C20H22FNO4/c21-16-6-2-1-5-15(16)17-9-7-14(26-17)8-10-18(23)22-20(13-19(24)25)11-3-4-12-20/h1-2,5-7,9H,3-4,8,10-13H2,(H,22,23)(H,24,25). The summed E-state index contributed by atoms with van der Waals surface area (Å²) in [5.74, 6) is -0.415. The molecule has 0 atom stereocenters. The number of halogens is 1. The van der Waals surface area contributed by atoms with Gasteiger partial charge in [-0.05, 0) is 37.1 Å². The lowest BCUT2D eigenvalue weighted by Gasteiger charge is -2.28. The average Bonchev–Trinajstić information content (AvgIpc) is 3.22. The highest BCUT2D eigenvalue weighted by Gasteiger charge is 2.37. The molecule has 2 aromatic rings. The Kier molecular flexibility index (Phi) is 5.40. The van der Waals surface area contributed by atoms with Crippen molar-refractivity contribution in [2.75, 3.05) is 0 Å². The molecule has 0 spiro atoms. The molecule has 26 heavy (non-hydrogen) atoms. The first kappa shape index (κ1) is 18.2. The summed E-state index contributed by atoms with van der Waals surface area (Å²) >= 11 is 0. The number of carboxylic acid groups (broad SMARTS) is 1. The summed E-state index contributed by atoms with van der Waals surface area (Å²) < 4.78 is 19.4. The average molecular weight is 359 g/mol. The molecule has 1 saturated carbocycles. The van der Waals surface area contributed by atoms with E-state index in [4.69, 9.17) is 9.52 Å². The van der Waals surface area contributed by atoms with Crippen LogP contribution in [-0.4, -0.2) is 22.5 Å². The molecule has 1 aromatic carbocycles. The highest BCUT2D eigenvalue weighted by Crippen LogP contribution is 2.33. The number of hydrogen-bond donors (Lipinski definition) is 2. The van der Waals surface area contributed by atoms with Crippen LogP contribution in [0.4, 0.5) is 4.39 Å². The number of nitrogens with one attached hydrogen (secondary N) is 1. The van der Waals surface area contributed by atoms with Gasteiger partial charge in [0.05, 0.1) is 17.5 Å². The number of carbonyl (C=O) groups is 2. The fraction of sp³-hybridized carbons (Fsp3) is 0.400. The molecular weight excluding hydrogens is 337 g/mol. The minimum atomic E-state index is -0.896. The molecule has 1 amide bonds. The number of carbonyl (C=O) groups excluding carboxylic acids is 1. The second-order valence-electron chi connectivity index (χ2n) is 6.85. The number of carboxylic acids is 1. The van der Waals surface area contributed by atoms with E-state index >= 15 is 0 Å². The molecular formula is C20H22FNO4. The zero-order chi connectivity index (χ0) is 18.6. The van der Waals surface area contributed by atoms with Gasteiger partial charge in [-0.3, -0.25) is 9.59 Å². The van der Waals surface area contributed by atoms with E-state index in [0.717, 1.165) is 12.8 Å². The first-order valence-electron chi connectivity index (χ1n) is 8.84. The van der Waals surface area contributed by atoms with Crippen molar-refractivity contribution < 1.29 is 23.5 Å². The fourth-order valence-corrected chi connectivity index (χ4v) is 3.60. The lowest BCUT2D eigenvalue weighted by atomic mass is 9.93. The predicted octanol–water partition coefficient (Wildman–Crippen LogP) is 3.92. The molecule has 0 aliphatic heterocycles. The molecule has 6 heteroatoms. The van der Waals surface area contributed by atoms with Crippen LogP contribution in [-0.2, 0) is 16.0 Å². The molecule has 3 rings (SSSR count). The van der Waals surface area contributed by atoms with E-state index in [9.17, 15) is 14.0 Å². The summed E-state index contributed by atoms with van der Waals surface area (Å²) in [5, 5.41) is 12.0. The van der Waals surface area contributed by atoms with Crippen molar-refractivity contribution in [1.29, 1.82) is 0 Å². The van der Waals surface area contributed by atoms with Crippen LogP contribution >= 0.6 is 0 Å². The smallest absolute Gasteiger partial charge is 0.305 e. The van der Waals surface area contributed by atoms with Crippen molar-refractivity contribution in [3.8, 4) is 11.3 Å². The summed E-state index contributed by atoms with van der Waals surface area (Å²) in [6, 6.07) is 9.78. The van der Waals surface area contributed by atoms with E-state index < -0.39 is 11.5 Å². The number of amides is 1. The largest absolute Gasteiger partial charge is 0.481 e. The minimum Gasteiger partial charge on any atom is -0.481 e. The maximum atomic E-state index is 13.8. The van der Waals surface area contributed by atoms with Gasteiger partial charge in [-0.1, -0.05) is 25.0 Å². The second-order valence-corrected chi connectivity index (χ2v) is 6.85. The summed E-state index contributed by atoms with van der Waals surface area (Å²) in [6.07, 6.45) is 3.79. The zero-order valence-corrected chi connectivity index (χ0v) is 14.5. The van der Waals surface area contributed by atoms with Gasteiger partial charge in [0.15, 0.2) is 0 Å². The lowest BCUT2D eigenvalue weighted by Crippen LogP contribution is -2.47. The van der Waals surface area contributed by atoms with Crippen molar-refractivity contribution in [3.63, 3.8) is 0 Å². The Hall–Kier alpha value is -2.63.